The molecule has 0 saturated heterocycles. The molecule has 6 nitrogen and oxygen atoms in total. The van der Waals surface area contributed by atoms with Crippen LogP contribution in [0.2, 0.25) is 0 Å². The number of amides is 1. The standard InChI is InChI=1S/C26H32FN3O3/c1-3-32-17-18-33-25-11-7-6-10-23(25)26(31)30(2)16-8-4-5-9-22-19-24(29-28-22)20-12-14-21(27)15-13-20/h6-7,10-15,19H,3-5,8-9,16-18H2,1-2H3,(H,28,29). The SMILES string of the molecule is CCOCCOc1ccccc1C(=O)N(C)CCCCCc1cc(-c2ccc(F)cc2)n[nH]1. The van der Waals surface area contributed by atoms with Crippen LogP contribution in [0.3, 0.4) is 0 Å². The summed E-state index contributed by atoms with van der Waals surface area (Å²) < 4.78 is 24.1. The van der Waals surface area contributed by atoms with Crippen LogP contribution in [-0.4, -0.2) is 54.4 Å². The zero-order valence-corrected chi connectivity index (χ0v) is 19.4. The maximum atomic E-state index is 13.1. The van der Waals surface area contributed by atoms with E-state index in [2.05, 4.69) is 10.2 Å². The van der Waals surface area contributed by atoms with Crippen LogP contribution >= 0.6 is 0 Å². The second-order valence-corrected chi connectivity index (χ2v) is 7.86. The van der Waals surface area contributed by atoms with E-state index in [1.54, 1.807) is 23.1 Å². The number of aromatic amines is 1. The van der Waals surface area contributed by atoms with Crippen LogP contribution in [0.15, 0.2) is 54.6 Å². The lowest BCUT2D eigenvalue weighted by atomic mass is 10.1. The monoisotopic (exact) mass is 453 g/mol. The maximum absolute atomic E-state index is 13.1. The van der Waals surface area contributed by atoms with Gasteiger partial charge in [-0.15, -0.1) is 0 Å². The van der Waals surface area contributed by atoms with Crippen molar-refractivity contribution in [1.82, 2.24) is 15.1 Å². The van der Waals surface area contributed by atoms with E-state index >= 15 is 0 Å². The number of nitrogens with zero attached hydrogens (tertiary/aromatic N) is 2. The fraction of sp³-hybridized carbons (Fsp3) is 0.385. The minimum Gasteiger partial charge on any atom is -0.490 e. The highest BCUT2D eigenvalue weighted by Crippen LogP contribution is 2.21. The third-order valence-electron chi connectivity index (χ3n) is 5.36. The first-order valence-corrected chi connectivity index (χ1v) is 11.4. The number of aromatic nitrogens is 2. The van der Waals surface area contributed by atoms with E-state index < -0.39 is 0 Å². The van der Waals surface area contributed by atoms with E-state index in [1.807, 2.05) is 38.2 Å². The van der Waals surface area contributed by atoms with Crippen LogP contribution in [0.5, 0.6) is 5.75 Å². The first-order valence-electron chi connectivity index (χ1n) is 11.4. The highest BCUT2D eigenvalue weighted by Gasteiger charge is 2.16. The van der Waals surface area contributed by atoms with Gasteiger partial charge in [0, 0.05) is 31.5 Å². The summed E-state index contributed by atoms with van der Waals surface area (Å²) in [6.07, 6.45) is 3.77. The smallest absolute Gasteiger partial charge is 0.257 e. The molecule has 0 aliphatic rings. The Balaban J connectivity index is 1.40. The van der Waals surface area contributed by atoms with Crippen LogP contribution in [0.4, 0.5) is 4.39 Å². The molecule has 1 aromatic heterocycles. The van der Waals surface area contributed by atoms with Gasteiger partial charge in [0.05, 0.1) is 17.9 Å². The van der Waals surface area contributed by atoms with Crippen molar-refractivity contribution in [3.8, 4) is 17.0 Å². The zero-order chi connectivity index (χ0) is 23.5. The number of ether oxygens (including phenoxy) is 2. The fourth-order valence-corrected chi connectivity index (χ4v) is 3.53. The van der Waals surface area contributed by atoms with E-state index in [1.165, 1.54) is 12.1 Å². The number of aryl methyl sites for hydroxylation is 1. The Hall–Kier alpha value is -3.19. The van der Waals surface area contributed by atoms with Gasteiger partial charge in [0.25, 0.3) is 5.91 Å². The predicted octanol–water partition coefficient (Wildman–Crippen LogP) is 5.12. The lowest BCUT2D eigenvalue weighted by Gasteiger charge is -2.19. The summed E-state index contributed by atoms with van der Waals surface area (Å²) in [6.45, 7) is 4.17. The number of unbranched alkanes of at least 4 members (excludes halogenated alkanes) is 2. The van der Waals surface area contributed by atoms with Gasteiger partial charge in [-0.05, 0) is 68.7 Å². The predicted molar refractivity (Wildman–Crippen MR) is 127 cm³/mol. The average Bonchev–Trinajstić information content (AvgIpc) is 3.30. The third-order valence-corrected chi connectivity index (χ3v) is 5.36. The molecule has 0 fully saturated rings. The fourth-order valence-electron chi connectivity index (χ4n) is 3.53. The van der Waals surface area contributed by atoms with Gasteiger partial charge >= 0.3 is 0 Å². The summed E-state index contributed by atoms with van der Waals surface area (Å²) in [6, 6.07) is 15.7. The molecule has 3 rings (SSSR count). The number of rotatable bonds is 13. The van der Waals surface area contributed by atoms with Gasteiger partial charge in [-0.1, -0.05) is 18.6 Å². The number of nitrogens with one attached hydrogen (secondary N) is 1. The Kier molecular flexibility index (Phi) is 9.44. The molecule has 2 aromatic carbocycles. The number of hydrogen-bond acceptors (Lipinski definition) is 4. The summed E-state index contributed by atoms with van der Waals surface area (Å²) >= 11 is 0. The first kappa shape index (κ1) is 24.5. The average molecular weight is 454 g/mol. The minimum absolute atomic E-state index is 0.0421. The Morgan fingerprint density at radius 2 is 1.85 bits per heavy atom. The maximum Gasteiger partial charge on any atom is 0.257 e. The van der Waals surface area contributed by atoms with Crippen molar-refractivity contribution in [2.24, 2.45) is 0 Å². The molecule has 1 N–H and O–H groups in total. The number of para-hydroxylation sites is 1. The molecule has 1 amide bonds. The molecule has 176 valence electrons. The van der Waals surface area contributed by atoms with Gasteiger partial charge in [-0.25, -0.2) is 4.39 Å². The second-order valence-electron chi connectivity index (χ2n) is 7.86. The molecular weight excluding hydrogens is 421 g/mol. The summed E-state index contributed by atoms with van der Waals surface area (Å²) in [7, 11) is 1.82. The van der Waals surface area contributed by atoms with Gasteiger partial charge in [-0.3, -0.25) is 9.89 Å². The normalized spacial score (nSPS) is 10.9. The van der Waals surface area contributed by atoms with Crippen molar-refractivity contribution in [2.45, 2.75) is 32.6 Å². The molecule has 0 aliphatic heterocycles. The first-order chi connectivity index (χ1) is 16.1. The molecule has 7 heteroatoms. The number of carbonyl (C=O) groups is 1. The van der Waals surface area contributed by atoms with Crippen LogP contribution < -0.4 is 4.74 Å². The quantitative estimate of drug-likeness (QED) is 0.365. The highest BCUT2D eigenvalue weighted by molar-refractivity contribution is 5.96. The van der Waals surface area contributed by atoms with Crippen molar-refractivity contribution in [3.63, 3.8) is 0 Å². The summed E-state index contributed by atoms with van der Waals surface area (Å²) in [5, 5.41) is 7.38. The molecule has 0 bridgehead atoms. The van der Waals surface area contributed by atoms with Crippen LogP contribution in [0.1, 0.15) is 42.2 Å². The van der Waals surface area contributed by atoms with Crippen LogP contribution in [-0.2, 0) is 11.2 Å². The summed E-state index contributed by atoms with van der Waals surface area (Å²) in [5.41, 5.74) is 3.33. The van der Waals surface area contributed by atoms with Crippen molar-refractivity contribution in [1.29, 1.82) is 0 Å². The molecule has 33 heavy (non-hydrogen) atoms. The Morgan fingerprint density at radius 3 is 2.64 bits per heavy atom. The van der Waals surface area contributed by atoms with E-state index in [4.69, 9.17) is 9.47 Å². The van der Waals surface area contributed by atoms with Crippen molar-refractivity contribution >= 4 is 5.91 Å². The van der Waals surface area contributed by atoms with Gasteiger partial charge in [-0.2, -0.15) is 5.10 Å². The topological polar surface area (TPSA) is 67.5 Å². The molecule has 3 aromatic rings. The number of carbonyl (C=O) groups excluding carboxylic acids is 1. The number of H-pyrrole nitrogens is 1. The van der Waals surface area contributed by atoms with E-state index in [-0.39, 0.29) is 11.7 Å². The van der Waals surface area contributed by atoms with Crippen LogP contribution in [0.25, 0.3) is 11.3 Å². The Morgan fingerprint density at radius 1 is 1.06 bits per heavy atom. The van der Waals surface area contributed by atoms with Gasteiger partial charge in [0.15, 0.2) is 0 Å². The molecule has 0 aliphatic carbocycles. The molecule has 0 radical (unpaired) electrons. The Labute approximate surface area is 194 Å². The van der Waals surface area contributed by atoms with E-state index in [0.717, 1.165) is 42.6 Å². The van der Waals surface area contributed by atoms with Crippen molar-refractivity contribution in [3.05, 3.63) is 71.7 Å². The van der Waals surface area contributed by atoms with Gasteiger partial charge in [0.2, 0.25) is 0 Å². The van der Waals surface area contributed by atoms with Crippen molar-refractivity contribution in [2.75, 3.05) is 33.4 Å². The van der Waals surface area contributed by atoms with Gasteiger partial charge in [0.1, 0.15) is 18.2 Å². The number of halogens is 1. The lowest BCUT2D eigenvalue weighted by molar-refractivity contribution is 0.0781. The Bertz CT molecular complexity index is 1000. The van der Waals surface area contributed by atoms with Crippen LogP contribution in [0, 0.1) is 5.82 Å². The minimum atomic E-state index is -0.254. The molecule has 0 spiro atoms. The lowest BCUT2D eigenvalue weighted by Crippen LogP contribution is -2.28. The summed E-state index contributed by atoms with van der Waals surface area (Å²) in [5.74, 6) is 0.292. The van der Waals surface area contributed by atoms with Crippen molar-refractivity contribution < 1.29 is 18.7 Å². The molecular formula is C26H32FN3O3. The van der Waals surface area contributed by atoms with E-state index in [0.29, 0.717) is 37.7 Å². The van der Waals surface area contributed by atoms with Gasteiger partial charge < -0.3 is 14.4 Å². The molecule has 0 atom stereocenters. The highest BCUT2D eigenvalue weighted by atomic mass is 19.1. The zero-order valence-electron chi connectivity index (χ0n) is 19.4. The third kappa shape index (κ3) is 7.43. The largest absolute Gasteiger partial charge is 0.490 e. The number of benzene rings is 2. The molecule has 0 unspecified atom stereocenters. The molecule has 0 saturated carbocycles. The molecule has 1 heterocycles. The second kappa shape index (κ2) is 12.7. The summed E-state index contributed by atoms with van der Waals surface area (Å²) in [4.78, 5) is 14.6. The number of hydrogen-bond donors (Lipinski definition) is 1. The van der Waals surface area contributed by atoms with E-state index in [9.17, 15) is 9.18 Å².